The zero-order valence-corrected chi connectivity index (χ0v) is 5.72. The lowest BCUT2D eigenvalue weighted by atomic mass is 9.99. The van der Waals surface area contributed by atoms with Crippen molar-refractivity contribution in [3.8, 4) is 0 Å². The van der Waals surface area contributed by atoms with Gasteiger partial charge < -0.3 is 5.73 Å². The summed E-state index contributed by atoms with van der Waals surface area (Å²) in [5.74, 6) is 1.73. The van der Waals surface area contributed by atoms with Crippen molar-refractivity contribution >= 4 is 0 Å². The van der Waals surface area contributed by atoms with Gasteiger partial charge in [-0.25, -0.2) is 0 Å². The minimum absolute atomic E-state index is 0.405. The van der Waals surface area contributed by atoms with Crippen molar-refractivity contribution in [3.63, 3.8) is 0 Å². The van der Waals surface area contributed by atoms with Crippen LogP contribution >= 0.6 is 0 Å². The molecule has 0 aromatic carbocycles. The van der Waals surface area contributed by atoms with E-state index in [2.05, 4.69) is 13.8 Å². The molecule has 1 rings (SSSR count). The summed E-state index contributed by atoms with van der Waals surface area (Å²) in [6.07, 6.45) is 2.84. The summed E-state index contributed by atoms with van der Waals surface area (Å²) < 4.78 is 0. The average molecular weight is 113 g/mol. The van der Waals surface area contributed by atoms with Crippen LogP contribution in [-0.4, -0.2) is 6.04 Å². The molecule has 1 heteroatoms. The molecule has 48 valence electrons. The molecule has 1 aliphatic rings. The Labute approximate surface area is 51.3 Å². The summed E-state index contributed by atoms with van der Waals surface area (Å²) in [6, 6.07) is 0.405. The van der Waals surface area contributed by atoms with Crippen LogP contribution in [-0.2, 0) is 0 Å². The summed E-state index contributed by atoms with van der Waals surface area (Å²) in [5, 5.41) is 0. The van der Waals surface area contributed by atoms with Crippen LogP contribution in [0.25, 0.3) is 0 Å². The molecule has 0 amide bonds. The number of nitrogens with two attached hydrogens (primary N) is 1. The minimum atomic E-state index is 0.405. The molecular formula is C7H15N. The molecule has 0 aromatic rings. The van der Waals surface area contributed by atoms with E-state index in [1.807, 2.05) is 0 Å². The fourth-order valence-corrected chi connectivity index (χ4v) is 1.05. The smallest absolute Gasteiger partial charge is 0.00387 e. The molecule has 8 heavy (non-hydrogen) atoms. The third kappa shape index (κ3) is 1.22. The maximum Gasteiger partial charge on any atom is 0.00387 e. The Morgan fingerprint density at radius 1 is 1.38 bits per heavy atom. The second kappa shape index (κ2) is 2.06. The summed E-state index contributed by atoms with van der Waals surface area (Å²) >= 11 is 0. The van der Waals surface area contributed by atoms with Crippen molar-refractivity contribution in [2.24, 2.45) is 17.6 Å². The first kappa shape index (κ1) is 6.09. The first-order valence-corrected chi connectivity index (χ1v) is 3.47. The minimum Gasteiger partial charge on any atom is -0.328 e. The van der Waals surface area contributed by atoms with Gasteiger partial charge in [0.15, 0.2) is 0 Å². The summed E-state index contributed by atoms with van der Waals surface area (Å²) in [4.78, 5) is 0. The zero-order chi connectivity index (χ0) is 6.15. The molecule has 0 radical (unpaired) electrons. The van der Waals surface area contributed by atoms with Crippen LogP contribution in [0.1, 0.15) is 26.7 Å². The van der Waals surface area contributed by atoms with Gasteiger partial charge in [0.1, 0.15) is 0 Å². The fraction of sp³-hybridized carbons (Fsp3) is 1.00. The van der Waals surface area contributed by atoms with E-state index in [0.717, 1.165) is 11.8 Å². The Bertz CT molecular complexity index is 72.5. The monoisotopic (exact) mass is 113 g/mol. The lowest BCUT2D eigenvalue weighted by Crippen LogP contribution is -2.25. The van der Waals surface area contributed by atoms with Crippen molar-refractivity contribution in [2.75, 3.05) is 0 Å². The highest BCUT2D eigenvalue weighted by atomic mass is 14.6. The number of rotatable bonds is 2. The highest BCUT2D eigenvalue weighted by Crippen LogP contribution is 2.37. The lowest BCUT2D eigenvalue weighted by molar-refractivity contribution is 0.429. The molecule has 2 atom stereocenters. The van der Waals surface area contributed by atoms with Gasteiger partial charge in [0, 0.05) is 6.04 Å². The van der Waals surface area contributed by atoms with Gasteiger partial charge in [-0.1, -0.05) is 6.92 Å². The van der Waals surface area contributed by atoms with Crippen LogP contribution in [0.3, 0.4) is 0 Å². The molecule has 0 heterocycles. The standard InChI is InChI=1S/C7H15N/c1-5(6(2)8)7-3-4-7/h5-7H,3-4,8H2,1-2H3/t5?,6-/m0/s1. The predicted molar refractivity (Wildman–Crippen MR) is 35.5 cm³/mol. The van der Waals surface area contributed by atoms with Gasteiger partial charge >= 0.3 is 0 Å². The molecule has 0 saturated heterocycles. The fourth-order valence-electron chi connectivity index (χ4n) is 1.05. The largest absolute Gasteiger partial charge is 0.328 e. The number of hydrogen-bond acceptors (Lipinski definition) is 1. The third-order valence-electron chi connectivity index (χ3n) is 2.19. The molecule has 2 N–H and O–H groups in total. The third-order valence-corrected chi connectivity index (χ3v) is 2.19. The maximum absolute atomic E-state index is 5.68. The van der Waals surface area contributed by atoms with E-state index in [9.17, 15) is 0 Å². The van der Waals surface area contributed by atoms with Gasteiger partial charge in [-0.2, -0.15) is 0 Å². The van der Waals surface area contributed by atoms with Crippen molar-refractivity contribution in [3.05, 3.63) is 0 Å². The van der Waals surface area contributed by atoms with Gasteiger partial charge in [-0.15, -0.1) is 0 Å². The van der Waals surface area contributed by atoms with Gasteiger partial charge in [0.25, 0.3) is 0 Å². The molecule has 0 bridgehead atoms. The first-order valence-electron chi connectivity index (χ1n) is 3.47. The van der Waals surface area contributed by atoms with Crippen LogP contribution in [0.15, 0.2) is 0 Å². The van der Waals surface area contributed by atoms with Crippen LogP contribution in [0, 0.1) is 11.8 Å². The number of hydrogen-bond donors (Lipinski definition) is 1. The molecule has 1 unspecified atom stereocenters. The van der Waals surface area contributed by atoms with E-state index in [1.165, 1.54) is 12.8 Å². The van der Waals surface area contributed by atoms with Crippen LogP contribution in [0.4, 0.5) is 0 Å². The molecular weight excluding hydrogens is 98.1 g/mol. The maximum atomic E-state index is 5.68. The summed E-state index contributed by atoms with van der Waals surface area (Å²) in [6.45, 7) is 4.35. The quantitative estimate of drug-likeness (QED) is 0.575. The Kier molecular flexibility index (Phi) is 1.57. The molecule has 0 aliphatic heterocycles. The first-order chi connectivity index (χ1) is 3.72. The van der Waals surface area contributed by atoms with Crippen LogP contribution < -0.4 is 5.73 Å². The van der Waals surface area contributed by atoms with Crippen molar-refractivity contribution < 1.29 is 0 Å². The van der Waals surface area contributed by atoms with Crippen LogP contribution in [0.2, 0.25) is 0 Å². The normalized spacial score (nSPS) is 27.4. The van der Waals surface area contributed by atoms with E-state index < -0.39 is 0 Å². The Hall–Kier alpha value is -0.0400. The van der Waals surface area contributed by atoms with E-state index in [-0.39, 0.29) is 0 Å². The van der Waals surface area contributed by atoms with Gasteiger partial charge in [-0.05, 0) is 31.6 Å². The summed E-state index contributed by atoms with van der Waals surface area (Å²) in [5.41, 5.74) is 5.68. The molecule has 0 spiro atoms. The van der Waals surface area contributed by atoms with E-state index >= 15 is 0 Å². The molecule has 1 saturated carbocycles. The highest BCUT2D eigenvalue weighted by Gasteiger charge is 2.29. The SMILES string of the molecule is CC(C1CC1)[C@H](C)N. The highest BCUT2D eigenvalue weighted by molar-refractivity contribution is 4.82. The molecule has 1 fully saturated rings. The molecule has 1 aliphatic carbocycles. The Morgan fingerprint density at radius 2 is 1.88 bits per heavy atom. The van der Waals surface area contributed by atoms with Gasteiger partial charge in [-0.3, -0.25) is 0 Å². The van der Waals surface area contributed by atoms with E-state index in [4.69, 9.17) is 5.73 Å². The zero-order valence-electron chi connectivity index (χ0n) is 5.72. The second-order valence-corrected chi connectivity index (χ2v) is 3.06. The predicted octanol–water partition coefficient (Wildman–Crippen LogP) is 1.38. The average Bonchev–Trinajstić information content (AvgIpc) is 2.43. The summed E-state index contributed by atoms with van der Waals surface area (Å²) in [7, 11) is 0. The van der Waals surface area contributed by atoms with Gasteiger partial charge in [0.2, 0.25) is 0 Å². The molecule has 0 aromatic heterocycles. The van der Waals surface area contributed by atoms with Crippen LogP contribution in [0.5, 0.6) is 0 Å². The lowest BCUT2D eigenvalue weighted by Gasteiger charge is -2.12. The Balaban J connectivity index is 2.22. The van der Waals surface area contributed by atoms with Crippen molar-refractivity contribution in [1.29, 1.82) is 0 Å². The second-order valence-electron chi connectivity index (χ2n) is 3.06. The van der Waals surface area contributed by atoms with E-state index in [0.29, 0.717) is 6.04 Å². The van der Waals surface area contributed by atoms with Crippen molar-refractivity contribution in [1.82, 2.24) is 0 Å². The Morgan fingerprint density at radius 3 is 2.00 bits per heavy atom. The van der Waals surface area contributed by atoms with Gasteiger partial charge in [0.05, 0.1) is 0 Å². The van der Waals surface area contributed by atoms with E-state index in [1.54, 1.807) is 0 Å². The van der Waals surface area contributed by atoms with Crippen molar-refractivity contribution in [2.45, 2.75) is 32.7 Å². The molecule has 1 nitrogen and oxygen atoms in total. The topological polar surface area (TPSA) is 26.0 Å².